The molecular weight excluding hydrogens is 302 g/mol. The SMILES string of the molecule is CCC(C)Oc1cc(C)ccc1CNC(=NC)NCc1ccn[nH]1. The monoisotopic (exact) mass is 329 g/mol. The van der Waals surface area contributed by atoms with E-state index in [1.54, 1.807) is 13.2 Å². The Morgan fingerprint density at radius 2 is 2.08 bits per heavy atom. The number of aryl methyl sites for hydroxylation is 1. The maximum Gasteiger partial charge on any atom is 0.191 e. The molecule has 0 radical (unpaired) electrons. The van der Waals surface area contributed by atoms with Crippen molar-refractivity contribution in [2.75, 3.05) is 7.05 Å². The van der Waals surface area contributed by atoms with E-state index in [9.17, 15) is 0 Å². The fourth-order valence-electron chi connectivity index (χ4n) is 2.18. The van der Waals surface area contributed by atoms with Gasteiger partial charge in [0.2, 0.25) is 0 Å². The first-order valence-electron chi connectivity index (χ1n) is 8.31. The summed E-state index contributed by atoms with van der Waals surface area (Å²) in [5.74, 6) is 1.67. The second-order valence-electron chi connectivity index (χ2n) is 5.81. The summed E-state index contributed by atoms with van der Waals surface area (Å²) < 4.78 is 6.05. The minimum absolute atomic E-state index is 0.198. The highest BCUT2D eigenvalue weighted by atomic mass is 16.5. The van der Waals surface area contributed by atoms with Gasteiger partial charge in [-0.25, -0.2) is 0 Å². The van der Waals surface area contributed by atoms with Crippen LogP contribution in [0.15, 0.2) is 35.5 Å². The lowest BCUT2D eigenvalue weighted by Crippen LogP contribution is -2.36. The Morgan fingerprint density at radius 3 is 2.75 bits per heavy atom. The van der Waals surface area contributed by atoms with Crippen molar-refractivity contribution in [3.63, 3.8) is 0 Å². The zero-order chi connectivity index (χ0) is 17.4. The molecule has 0 aliphatic rings. The van der Waals surface area contributed by atoms with Crippen molar-refractivity contribution >= 4 is 5.96 Å². The molecular formula is C18H27N5O. The molecule has 1 aromatic heterocycles. The van der Waals surface area contributed by atoms with Gasteiger partial charge in [-0.3, -0.25) is 10.1 Å². The molecule has 130 valence electrons. The molecule has 6 nitrogen and oxygen atoms in total. The molecule has 0 fully saturated rings. The number of guanidine groups is 1. The lowest BCUT2D eigenvalue weighted by molar-refractivity contribution is 0.215. The van der Waals surface area contributed by atoms with Crippen molar-refractivity contribution in [3.05, 3.63) is 47.3 Å². The van der Waals surface area contributed by atoms with Gasteiger partial charge >= 0.3 is 0 Å². The van der Waals surface area contributed by atoms with Gasteiger partial charge in [-0.2, -0.15) is 5.10 Å². The van der Waals surface area contributed by atoms with Crippen molar-refractivity contribution in [1.82, 2.24) is 20.8 Å². The maximum absolute atomic E-state index is 6.05. The lowest BCUT2D eigenvalue weighted by Gasteiger charge is -2.18. The zero-order valence-corrected chi connectivity index (χ0v) is 14.9. The largest absolute Gasteiger partial charge is 0.490 e. The number of aromatic amines is 1. The van der Waals surface area contributed by atoms with Crippen LogP contribution in [0.5, 0.6) is 5.75 Å². The maximum atomic E-state index is 6.05. The van der Waals surface area contributed by atoms with Crippen molar-refractivity contribution in [2.45, 2.75) is 46.4 Å². The van der Waals surface area contributed by atoms with Gasteiger partial charge in [0.25, 0.3) is 0 Å². The van der Waals surface area contributed by atoms with Crippen molar-refractivity contribution in [2.24, 2.45) is 4.99 Å². The van der Waals surface area contributed by atoms with Crippen LogP contribution < -0.4 is 15.4 Å². The van der Waals surface area contributed by atoms with Crippen molar-refractivity contribution in [3.8, 4) is 5.75 Å². The van der Waals surface area contributed by atoms with Crippen LogP contribution in [0.25, 0.3) is 0 Å². The Morgan fingerprint density at radius 1 is 1.29 bits per heavy atom. The molecule has 2 aromatic rings. The summed E-state index contributed by atoms with van der Waals surface area (Å²) in [5, 5.41) is 13.4. The minimum Gasteiger partial charge on any atom is -0.490 e. The summed E-state index contributed by atoms with van der Waals surface area (Å²) in [6.45, 7) is 7.58. The summed E-state index contributed by atoms with van der Waals surface area (Å²) in [4.78, 5) is 4.25. The molecule has 6 heteroatoms. The van der Waals surface area contributed by atoms with E-state index in [2.05, 4.69) is 64.8 Å². The van der Waals surface area contributed by atoms with Gasteiger partial charge in [0.05, 0.1) is 18.3 Å². The first-order valence-corrected chi connectivity index (χ1v) is 8.31. The molecule has 3 N–H and O–H groups in total. The number of nitrogens with one attached hydrogen (secondary N) is 3. The van der Waals surface area contributed by atoms with E-state index in [0.29, 0.717) is 13.1 Å². The molecule has 1 heterocycles. The predicted molar refractivity (Wildman–Crippen MR) is 97.2 cm³/mol. The molecule has 1 atom stereocenters. The van der Waals surface area contributed by atoms with Crippen LogP contribution in [-0.2, 0) is 13.1 Å². The Hall–Kier alpha value is -2.50. The molecule has 0 amide bonds. The van der Waals surface area contributed by atoms with E-state index in [0.717, 1.165) is 29.4 Å². The van der Waals surface area contributed by atoms with Crippen LogP contribution in [0.2, 0.25) is 0 Å². The van der Waals surface area contributed by atoms with E-state index in [-0.39, 0.29) is 6.10 Å². The van der Waals surface area contributed by atoms with Crippen LogP contribution in [0, 0.1) is 6.92 Å². The molecule has 1 unspecified atom stereocenters. The van der Waals surface area contributed by atoms with Crippen molar-refractivity contribution < 1.29 is 4.74 Å². The number of rotatable bonds is 7. The Kier molecular flexibility index (Phi) is 6.66. The minimum atomic E-state index is 0.198. The second kappa shape index (κ2) is 8.96. The van der Waals surface area contributed by atoms with Gasteiger partial charge in [0.1, 0.15) is 5.75 Å². The van der Waals surface area contributed by atoms with Gasteiger partial charge in [-0.05, 0) is 38.0 Å². The smallest absolute Gasteiger partial charge is 0.191 e. The number of H-pyrrole nitrogens is 1. The second-order valence-corrected chi connectivity index (χ2v) is 5.81. The third kappa shape index (κ3) is 5.30. The summed E-state index contributed by atoms with van der Waals surface area (Å²) in [5.41, 5.74) is 3.32. The molecule has 24 heavy (non-hydrogen) atoms. The van der Waals surface area contributed by atoms with Gasteiger partial charge in [0, 0.05) is 25.4 Å². The summed E-state index contributed by atoms with van der Waals surface area (Å²) in [6.07, 6.45) is 2.91. The topological polar surface area (TPSA) is 74.3 Å². The normalized spacial score (nSPS) is 12.8. The number of hydrogen-bond acceptors (Lipinski definition) is 3. The highest BCUT2D eigenvalue weighted by Crippen LogP contribution is 2.22. The number of aliphatic imine (C=N–C) groups is 1. The van der Waals surface area contributed by atoms with Crippen LogP contribution >= 0.6 is 0 Å². The third-order valence-electron chi connectivity index (χ3n) is 3.80. The predicted octanol–water partition coefficient (Wildman–Crippen LogP) is 2.76. The van der Waals surface area contributed by atoms with E-state index in [1.807, 2.05) is 6.07 Å². The average Bonchev–Trinajstić information content (AvgIpc) is 3.10. The fraction of sp³-hybridized carbons (Fsp3) is 0.444. The van der Waals surface area contributed by atoms with Gasteiger partial charge in [-0.15, -0.1) is 0 Å². The highest BCUT2D eigenvalue weighted by Gasteiger charge is 2.09. The standard InChI is InChI=1S/C18H27N5O/c1-5-14(3)24-17-10-13(2)6-7-15(17)11-20-18(19-4)21-12-16-8-9-22-23-16/h6-10,14H,5,11-12H2,1-4H3,(H,22,23)(H2,19,20,21). The van der Waals surface area contributed by atoms with Gasteiger partial charge in [-0.1, -0.05) is 19.1 Å². The summed E-state index contributed by atoms with van der Waals surface area (Å²) >= 11 is 0. The zero-order valence-electron chi connectivity index (χ0n) is 14.9. The van der Waals surface area contributed by atoms with Crippen LogP contribution in [-0.4, -0.2) is 29.3 Å². The van der Waals surface area contributed by atoms with E-state index >= 15 is 0 Å². The number of aromatic nitrogens is 2. The van der Waals surface area contributed by atoms with Gasteiger partial charge in [0.15, 0.2) is 5.96 Å². The molecule has 0 aliphatic carbocycles. The molecule has 0 saturated carbocycles. The summed E-state index contributed by atoms with van der Waals surface area (Å²) in [7, 11) is 1.76. The van der Waals surface area contributed by atoms with Gasteiger partial charge < -0.3 is 15.4 Å². The number of ether oxygens (including phenoxy) is 1. The Bertz CT molecular complexity index is 651. The quantitative estimate of drug-likeness (QED) is 0.539. The van der Waals surface area contributed by atoms with E-state index < -0.39 is 0 Å². The van der Waals surface area contributed by atoms with E-state index in [1.165, 1.54) is 5.56 Å². The first-order chi connectivity index (χ1) is 11.6. The summed E-state index contributed by atoms with van der Waals surface area (Å²) in [6, 6.07) is 8.21. The number of nitrogens with zero attached hydrogens (tertiary/aromatic N) is 2. The first kappa shape index (κ1) is 17.8. The molecule has 0 aliphatic heterocycles. The van der Waals surface area contributed by atoms with Crippen LogP contribution in [0.1, 0.15) is 37.1 Å². The van der Waals surface area contributed by atoms with Crippen LogP contribution in [0.3, 0.4) is 0 Å². The fourth-order valence-corrected chi connectivity index (χ4v) is 2.18. The molecule has 2 rings (SSSR count). The van der Waals surface area contributed by atoms with E-state index in [4.69, 9.17) is 4.74 Å². The molecule has 0 spiro atoms. The van der Waals surface area contributed by atoms with Crippen molar-refractivity contribution in [1.29, 1.82) is 0 Å². The molecule has 1 aromatic carbocycles. The Balaban J connectivity index is 1.96. The third-order valence-corrected chi connectivity index (χ3v) is 3.80. The molecule has 0 bridgehead atoms. The number of hydrogen-bond donors (Lipinski definition) is 3. The lowest BCUT2D eigenvalue weighted by atomic mass is 10.1. The van der Waals surface area contributed by atoms with Crippen LogP contribution in [0.4, 0.5) is 0 Å². The number of benzene rings is 1. The highest BCUT2D eigenvalue weighted by molar-refractivity contribution is 5.79. The molecule has 0 saturated heterocycles. The average molecular weight is 329 g/mol. The Labute approximate surface area is 143 Å².